The van der Waals surface area contributed by atoms with Gasteiger partial charge in [-0.05, 0) is 19.1 Å². The topological polar surface area (TPSA) is 55.4 Å². The first-order valence-corrected chi connectivity index (χ1v) is 4.73. The molecule has 0 aliphatic carbocycles. The van der Waals surface area contributed by atoms with Crippen molar-refractivity contribution in [3.8, 4) is 0 Å². The zero-order valence-electron chi connectivity index (χ0n) is 8.53. The van der Waals surface area contributed by atoms with Crippen molar-refractivity contribution in [3.63, 3.8) is 0 Å². The number of hydrogen-bond acceptors (Lipinski definition) is 4. The highest BCUT2D eigenvalue weighted by Gasteiger charge is 2.10. The maximum Gasteiger partial charge on any atom is 0.340 e. The van der Waals surface area contributed by atoms with E-state index in [1.807, 2.05) is 0 Å². The molecule has 0 aromatic heterocycles. The molecule has 0 aliphatic rings. The Morgan fingerprint density at radius 1 is 1.47 bits per heavy atom. The summed E-state index contributed by atoms with van der Waals surface area (Å²) >= 11 is 0. The van der Waals surface area contributed by atoms with Crippen LogP contribution in [0.15, 0.2) is 24.3 Å². The minimum absolute atomic E-state index is 0.177. The van der Waals surface area contributed by atoms with E-state index in [9.17, 15) is 9.59 Å². The zero-order chi connectivity index (χ0) is 11.1. The average molecular weight is 207 g/mol. The second-order valence-corrected chi connectivity index (χ2v) is 2.81. The molecule has 0 atom stereocenters. The molecular formula is C11H13NO3. The van der Waals surface area contributed by atoms with E-state index in [2.05, 4.69) is 5.32 Å². The summed E-state index contributed by atoms with van der Waals surface area (Å²) in [6.07, 6.45) is 0.738. The first-order valence-electron chi connectivity index (χ1n) is 4.73. The van der Waals surface area contributed by atoms with Crippen LogP contribution in [0.5, 0.6) is 0 Å². The van der Waals surface area contributed by atoms with Gasteiger partial charge in [0.15, 0.2) is 0 Å². The molecule has 0 saturated carbocycles. The van der Waals surface area contributed by atoms with Crippen LogP contribution in [0.3, 0.4) is 0 Å². The zero-order valence-corrected chi connectivity index (χ0v) is 8.53. The number of anilines is 1. The number of benzene rings is 1. The number of hydrogen-bond donors (Lipinski definition) is 1. The smallest absolute Gasteiger partial charge is 0.340 e. The molecule has 0 fully saturated rings. The molecule has 0 heterocycles. The van der Waals surface area contributed by atoms with Gasteiger partial charge in [0, 0.05) is 5.69 Å². The minimum atomic E-state index is -0.383. The maximum atomic E-state index is 11.5. The molecule has 1 N–H and O–H groups in total. The van der Waals surface area contributed by atoms with Gasteiger partial charge in [-0.3, -0.25) is 0 Å². The SMILES string of the molecule is CCOC(=O)c1ccccc1NCC=O. The predicted molar refractivity (Wildman–Crippen MR) is 57.0 cm³/mol. The van der Waals surface area contributed by atoms with Crippen molar-refractivity contribution in [3.05, 3.63) is 29.8 Å². The second kappa shape index (κ2) is 5.80. The maximum absolute atomic E-state index is 11.5. The number of nitrogens with one attached hydrogen (secondary N) is 1. The summed E-state index contributed by atoms with van der Waals surface area (Å²) in [6.45, 7) is 2.26. The molecule has 80 valence electrons. The number of carbonyl (C=O) groups excluding carboxylic acids is 2. The molecule has 1 rings (SSSR count). The van der Waals surface area contributed by atoms with E-state index in [4.69, 9.17) is 4.74 Å². The van der Waals surface area contributed by atoms with Crippen molar-refractivity contribution in [1.82, 2.24) is 0 Å². The molecule has 0 bridgehead atoms. The highest BCUT2D eigenvalue weighted by atomic mass is 16.5. The molecule has 0 radical (unpaired) electrons. The van der Waals surface area contributed by atoms with Gasteiger partial charge in [0.1, 0.15) is 6.29 Å². The third kappa shape index (κ3) is 3.09. The van der Waals surface area contributed by atoms with Crippen LogP contribution >= 0.6 is 0 Å². The Bertz CT molecular complexity index is 349. The van der Waals surface area contributed by atoms with Gasteiger partial charge in [0.25, 0.3) is 0 Å². The summed E-state index contributed by atoms with van der Waals surface area (Å²) < 4.78 is 4.88. The van der Waals surface area contributed by atoms with Gasteiger partial charge in [-0.1, -0.05) is 12.1 Å². The summed E-state index contributed by atoms with van der Waals surface area (Å²) in [7, 11) is 0. The minimum Gasteiger partial charge on any atom is -0.462 e. The van der Waals surface area contributed by atoms with E-state index in [0.29, 0.717) is 17.9 Å². The second-order valence-electron chi connectivity index (χ2n) is 2.81. The Morgan fingerprint density at radius 2 is 2.20 bits per heavy atom. The standard InChI is InChI=1S/C11H13NO3/c1-2-15-11(14)9-5-3-4-6-10(9)12-7-8-13/h3-6,8,12H,2,7H2,1H3. The van der Waals surface area contributed by atoms with Gasteiger partial charge in [-0.2, -0.15) is 0 Å². The molecule has 0 spiro atoms. The lowest BCUT2D eigenvalue weighted by molar-refractivity contribution is -0.106. The summed E-state index contributed by atoms with van der Waals surface area (Å²) in [5, 5.41) is 2.83. The van der Waals surface area contributed by atoms with Crippen molar-refractivity contribution >= 4 is 17.9 Å². The van der Waals surface area contributed by atoms with E-state index in [1.54, 1.807) is 31.2 Å². The number of aldehydes is 1. The summed E-state index contributed by atoms with van der Waals surface area (Å²) in [5.41, 5.74) is 1.06. The predicted octanol–water partition coefficient (Wildman–Crippen LogP) is 1.47. The molecule has 0 aliphatic heterocycles. The Balaban J connectivity index is 2.85. The lowest BCUT2D eigenvalue weighted by atomic mass is 10.2. The molecule has 0 amide bonds. The van der Waals surface area contributed by atoms with E-state index >= 15 is 0 Å². The van der Waals surface area contributed by atoms with Gasteiger partial charge in [-0.25, -0.2) is 4.79 Å². The fourth-order valence-corrected chi connectivity index (χ4v) is 1.18. The third-order valence-corrected chi connectivity index (χ3v) is 1.80. The lowest BCUT2D eigenvalue weighted by Gasteiger charge is -2.08. The average Bonchev–Trinajstić information content (AvgIpc) is 2.27. The Labute approximate surface area is 88.2 Å². The van der Waals surface area contributed by atoms with Crippen LogP contribution in [0.1, 0.15) is 17.3 Å². The number of ether oxygens (including phenoxy) is 1. The molecule has 1 aromatic carbocycles. The summed E-state index contributed by atoms with van der Waals surface area (Å²) in [6, 6.07) is 6.93. The van der Waals surface area contributed by atoms with E-state index in [0.717, 1.165) is 6.29 Å². The Hall–Kier alpha value is -1.84. The molecule has 15 heavy (non-hydrogen) atoms. The van der Waals surface area contributed by atoms with Crippen molar-refractivity contribution in [2.75, 3.05) is 18.5 Å². The molecular weight excluding hydrogens is 194 g/mol. The van der Waals surface area contributed by atoms with Crippen LogP contribution < -0.4 is 5.32 Å². The van der Waals surface area contributed by atoms with Gasteiger partial charge < -0.3 is 14.8 Å². The largest absolute Gasteiger partial charge is 0.462 e. The number of carbonyl (C=O) groups is 2. The fraction of sp³-hybridized carbons (Fsp3) is 0.273. The van der Waals surface area contributed by atoms with Crippen LogP contribution in [-0.4, -0.2) is 25.4 Å². The highest BCUT2D eigenvalue weighted by molar-refractivity contribution is 5.95. The van der Waals surface area contributed by atoms with E-state index in [-0.39, 0.29) is 12.5 Å². The molecule has 0 saturated heterocycles. The third-order valence-electron chi connectivity index (χ3n) is 1.80. The molecule has 1 aromatic rings. The van der Waals surface area contributed by atoms with Crippen LogP contribution in [-0.2, 0) is 9.53 Å². The molecule has 4 nitrogen and oxygen atoms in total. The quantitative estimate of drug-likeness (QED) is 0.587. The van der Waals surface area contributed by atoms with Crippen LogP contribution in [0.4, 0.5) is 5.69 Å². The van der Waals surface area contributed by atoms with Gasteiger partial charge in [0.2, 0.25) is 0 Å². The van der Waals surface area contributed by atoms with Crippen LogP contribution in [0.25, 0.3) is 0 Å². The number of esters is 1. The van der Waals surface area contributed by atoms with Crippen molar-refractivity contribution in [2.45, 2.75) is 6.92 Å². The first kappa shape index (κ1) is 11.2. The first-order chi connectivity index (χ1) is 7.29. The Morgan fingerprint density at radius 3 is 2.87 bits per heavy atom. The van der Waals surface area contributed by atoms with Crippen LogP contribution in [0.2, 0.25) is 0 Å². The lowest BCUT2D eigenvalue weighted by Crippen LogP contribution is -2.10. The van der Waals surface area contributed by atoms with Gasteiger partial charge in [-0.15, -0.1) is 0 Å². The molecule has 0 unspecified atom stereocenters. The monoisotopic (exact) mass is 207 g/mol. The van der Waals surface area contributed by atoms with E-state index in [1.165, 1.54) is 0 Å². The highest BCUT2D eigenvalue weighted by Crippen LogP contribution is 2.15. The fourth-order valence-electron chi connectivity index (χ4n) is 1.18. The van der Waals surface area contributed by atoms with Crippen molar-refractivity contribution in [1.29, 1.82) is 0 Å². The summed E-state index contributed by atoms with van der Waals surface area (Å²) in [5.74, 6) is -0.383. The summed E-state index contributed by atoms with van der Waals surface area (Å²) in [4.78, 5) is 21.7. The van der Waals surface area contributed by atoms with Crippen molar-refractivity contribution in [2.24, 2.45) is 0 Å². The van der Waals surface area contributed by atoms with Crippen LogP contribution in [0, 0.1) is 0 Å². The number of rotatable bonds is 5. The van der Waals surface area contributed by atoms with Gasteiger partial charge in [0.05, 0.1) is 18.7 Å². The normalized spacial score (nSPS) is 9.40. The van der Waals surface area contributed by atoms with Crippen molar-refractivity contribution < 1.29 is 14.3 Å². The number of para-hydroxylation sites is 1. The molecule has 4 heteroatoms. The Kier molecular flexibility index (Phi) is 4.34. The van der Waals surface area contributed by atoms with Gasteiger partial charge >= 0.3 is 5.97 Å². The van der Waals surface area contributed by atoms with E-state index < -0.39 is 0 Å².